The van der Waals surface area contributed by atoms with Gasteiger partial charge in [0, 0.05) is 11.6 Å². The van der Waals surface area contributed by atoms with Gasteiger partial charge in [0.2, 0.25) is 0 Å². The second kappa shape index (κ2) is 7.11. The highest BCUT2D eigenvalue weighted by Crippen LogP contribution is 2.24. The van der Waals surface area contributed by atoms with Crippen molar-refractivity contribution in [1.29, 1.82) is 0 Å². The third kappa shape index (κ3) is 3.47. The number of rotatable bonds is 4. The van der Waals surface area contributed by atoms with Crippen LogP contribution in [0.15, 0.2) is 30.5 Å². The average Bonchev–Trinajstić information content (AvgIpc) is 3.07. The average molecular weight is 330 g/mol. The molecule has 5 nitrogen and oxygen atoms in total. The summed E-state index contributed by atoms with van der Waals surface area (Å²) >= 11 is 0. The van der Waals surface area contributed by atoms with E-state index in [1.54, 1.807) is 24.4 Å². The Morgan fingerprint density at radius 3 is 2.83 bits per heavy atom. The molecular formula is C18H23FN4O. The molecule has 1 N–H and O–H groups in total. The summed E-state index contributed by atoms with van der Waals surface area (Å²) in [5.74, 6) is -0.0154. The van der Waals surface area contributed by atoms with Gasteiger partial charge in [0.15, 0.2) is 5.69 Å². The van der Waals surface area contributed by atoms with E-state index in [9.17, 15) is 9.18 Å². The van der Waals surface area contributed by atoms with Crippen LogP contribution in [0.4, 0.5) is 4.39 Å². The zero-order valence-electron chi connectivity index (χ0n) is 14.1. The largest absolute Gasteiger partial charge is 0.348 e. The zero-order valence-corrected chi connectivity index (χ0v) is 14.1. The Morgan fingerprint density at radius 2 is 2.08 bits per heavy atom. The fourth-order valence-electron chi connectivity index (χ4n) is 3.30. The molecule has 3 atom stereocenters. The Bertz CT molecular complexity index is 715. The predicted octanol–water partition coefficient (Wildman–Crippen LogP) is 3.34. The first-order valence-electron chi connectivity index (χ1n) is 8.53. The minimum absolute atomic E-state index is 0.195. The Hall–Kier alpha value is -2.24. The van der Waals surface area contributed by atoms with Crippen molar-refractivity contribution in [3.05, 3.63) is 47.5 Å². The van der Waals surface area contributed by atoms with Gasteiger partial charge in [-0.3, -0.25) is 4.79 Å². The molecule has 1 fully saturated rings. The highest BCUT2D eigenvalue weighted by molar-refractivity contribution is 5.92. The fourth-order valence-corrected chi connectivity index (χ4v) is 3.30. The molecule has 0 radical (unpaired) electrons. The van der Waals surface area contributed by atoms with Crippen LogP contribution in [0.2, 0.25) is 0 Å². The minimum Gasteiger partial charge on any atom is -0.348 e. The summed E-state index contributed by atoms with van der Waals surface area (Å²) in [5.41, 5.74) is 0.797. The van der Waals surface area contributed by atoms with Crippen LogP contribution < -0.4 is 5.32 Å². The molecule has 1 aliphatic carbocycles. The molecule has 24 heavy (non-hydrogen) atoms. The number of benzene rings is 1. The third-order valence-corrected chi connectivity index (χ3v) is 4.92. The Kier molecular flexibility index (Phi) is 4.92. The molecule has 1 amide bonds. The topological polar surface area (TPSA) is 59.8 Å². The van der Waals surface area contributed by atoms with Gasteiger partial charge in [-0.05, 0) is 31.7 Å². The van der Waals surface area contributed by atoms with E-state index in [2.05, 4.69) is 22.6 Å². The monoisotopic (exact) mass is 330 g/mol. The highest BCUT2D eigenvalue weighted by Gasteiger charge is 2.24. The molecule has 0 bridgehead atoms. The SMILES string of the molecule is C[C@@H]1CCCC[C@@H]1NC(=O)c1cn([C@@H](C)c2ccccc2F)nn1. The second-order valence-corrected chi connectivity index (χ2v) is 6.62. The van der Waals surface area contributed by atoms with Crippen molar-refractivity contribution in [2.24, 2.45) is 5.92 Å². The van der Waals surface area contributed by atoms with Crippen molar-refractivity contribution in [3.8, 4) is 0 Å². The van der Waals surface area contributed by atoms with Crippen molar-refractivity contribution in [2.75, 3.05) is 0 Å². The molecule has 6 heteroatoms. The zero-order chi connectivity index (χ0) is 17.1. The van der Waals surface area contributed by atoms with Crippen LogP contribution in [0.5, 0.6) is 0 Å². The summed E-state index contributed by atoms with van der Waals surface area (Å²) in [7, 11) is 0. The number of carbonyl (C=O) groups is 1. The van der Waals surface area contributed by atoms with Gasteiger partial charge < -0.3 is 5.32 Å². The third-order valence-electron chi connectivity index (χ3n) is 4.92. The Morgan fingerprint density at radius 1 is 1.33 bits per heavy atom. The van der Waals surface area contributed by atoms with E-state index >= 15 is 0 Å². The number of amides is 1. The standard InChI is InChI=1S/C18H23FN4O/c1-12-7-3-6-10-16(12)20-18(24)17-11-23(22-21-17)13(2)14-8-4-5-9-15(14)19/h4-5,8-9,11-13,16H,3,6-7,10H2,1-2H3,(H,20,24)/t12-,13+,16+/m1/s1. The molecule has 1 heterocycles. The lowest BCUT2D eigenvalue weighted by atomic mass is 9.86. The number of halogens is 1. The summed E-state index contributed by atoms with van der Waals surface area (Å²) in [6, 6.07) is 6.43. The molecule has 2 aromatic rings. The molecule has 0 spiro atoms. The number of nitrogens with one attached hydrogen (secondary N) is 1. The number of hydrogen-bond donors (Lipinski definition) is 1. The summed E-state index contributed by atoms with van der Waals surface area (Å²) in [6.45, 7) is 4.00. The van der Waals surface area contributed by atoms with Gasteiger partial charge >= 0.3 is 0 Å². The molecule has 0 aliphatic heterocycles. The number of nitrogens with zero attached hydrogens (tertiary/aromatic N) is 3. The maximum absolute atomic E-state index is 13.9. The Balaban J connectivity index is 1.71. The maximum atomic E-state index is 13.9. The van der Waals surface area contributed by atoms with Gasteiger partial charge in [-0.25, -0.2) is 9.07 Å². The van der Waals surface area contributed by atoms with Crippen molar-refractivity contribution in [3.63, 3.8) is 0 Å². The maximum Gasteiger partial charge on any atom is 0.273 e. The van der Waals surface area contributed by atoms with Crippen LogP contribution in [0, 0.1) is 11.7 Å². The summed E-state index contributed by atoms with van der Waals surface area (Å²) in [4.78, 5) is 12.4. The fraction of sp³-hybridized carbons (Fsp3) is 0.500. The molecular weight excluding hydrogens is 307 g/mol. The van der Waals surface area contributed by atoms with Gasteiger partial charge in [-0.1, -0.05) is 43.2 Å². The lowest BCUT2D eigenvalue weighted by Gasteiger charge is -2.29. The smallest absolute Gasteiger partial charge is 0.273 e. The van der Waals surface area contributed by atoms with Gasteiger partial charge in [0.25, 0.3) is 5.91 Å². The number of hydrogen-bond acceptors (Lipinski definition) is 3. The first kappa shape index (κ1) is 16.6. The van der Waals surface area contributed by atoms with E-state index in [1.165, 1.54) is 17.2 Å². The predicted molar refractivity (Wildman–Crippen MR) is 89.1 cm³/mol. The van der Waals surface area contributed by atoms with Crippen molar-refractivity contribution in [2.45, 2.75) is 51.6 Å². The van der Waals surface area contributed by atoms with E-state index in [4.69, 9.17) is 0 Å². The Labute approximate surface area is 141 Å². The quantitative estimate of drug-likeness (QED) is 0.935. The molecule has 1 aromatic heterocycles. The number of aromatic nitrogens is 3. The molecule has 128 valence electrons. The van der Waals surface area contributed by atoms with Crippen molar-refractivity contribution in [1.82, 2.24) is 20.3 Å². The van der Waals surface area contributed by atoms with Gasteiger partial charge in [0.05, 0.1) is 12.2 Å². The summed E-state index contributed by atoms with van der Waals surface area (Å²) in [5, 5.41) is 11.0. The van der Waals surface area contributed by atoms with Gasteiger partial charge in [-0.15, -0.1) is 5.10 Å². The van der Waals surface area contributed by atoms with Crippen molar-refractivity contribution >= 4 is 5.91 Å². The van der Waals surface area contributed by atoms with E-state index < -0.39 is 0 Å². The van der Waals surface area contributed by atoms with Crippen LogP contribution in [0.3, 0.4) is 0 Å². The van der Waals surface area contributed by atoms with Crippen LogP contribution in [-0.2, 0) is 0 Å². The van der Waals surface area contributed by atoms with E-state index in [-0.39, 0.29) is 29.5 Å². The molecule has 0 saturated heterocycles. The summed E-state index contributed by atoms with van der Waals surface area (Å²) in [6.07, 6.45) is 6.10. The second-order valence-electron chi connectivity index (χ2n) is 6.62. The first-order chi connectivity index (χ1) is 11.6. The van der Waals surface area contributed by atoms with E-state index in [0.717, 1.165) is 19.3 Å². The first-order valence-corrected chi connectivity index (χ1v) is 8.53. The van der Waals surface area contributed by atoms with Gasteiger partial charge in [-0.2, -0.15) is 0 Å². The van der Waals surface area contributed by atoms with Crippen LogP contribution in [0.25, 0.3) is 0 Å². The van der Waals surface area contributed by atoms with Crippen LogP contribution in [-0.4, -0.2) is 26.9 Å². The molecule has 1 aromatic carbocycles. The minimum atomic E-state index is -0.325. The molecule has 1 saturated carbocycles. The van der Waals surface area contributed by atoms with E-state index in [0.29, 0.717) is 11.5 Å². The van der Waals surface area contributed by atoms with Crippen LogP contribution in [0.1, 0.15) is 61.6 Å². The van der Waals surface area contributed by atoms with Crippen LogP contribution >= 0.6 is 0 Å². The lowest BCUT2D eigenvalue weighted by Crippen LogP contribution is -2.41. The number of carbonyl (C=O) groups excluding carboxylic acids is 1. The summed E-state index contributed by atoms with van der Waals surface area (Å²) < 4.78 is 15.4. The molecule has 0 unspecified atom stereocenters. The molecule has 3 rings (SSSR count). The highest BCUT2D eigenvalue weighted by atomic mass is 19.1. The normalized spacial score (nSPS) is 22.1. The lowest BCUT2D eigenvalue weighted by molar-refractivity contribution is 0.0905. The van der Waals surface area contributed by atoms with Gasteiger partial charge in [0.1, 0.15) is 5.82 Å². The van der Waals surface area contributed by atoms with Crippen molar-refractivity contribution < 1.29 is 9.18 Å². The molecule has 1 aliphatic rings. The van der Waals surface area contributed by atoms with E-state index in [1.807, 2.05) is 6.92 Å².